The van der Waals surface area contributed by atoms with E-state index in [1.54, 1.807) is 51.3 Å². The first kappa shape index (κ1) is 24.3. The smallest absolute Gasteiger partial charge is 0.338 e. The second kappa shape index (κ2) is 9.83. The number of carbonyl (C=O) groups is 1. The largest absolute Gasteiger partial charge is 0.493 e. The highest BCUT2D eigenvalue weighted by Crippen LogP contribution is 2.36. The van der Waals surface area contributed by atoms with Crippen molar-refractivity contribution in [3.8, 4) is 11.5 Å². The quantitative estimate of drug-likeness (QED) is 0.463. The first-order chi connectivity index (χ1) is 16.8. The van der Waals surface area contributed by atoms with Gasteiger partial charge in [0.2, 0.25) is 0 Å². The number of rotatable bonds is 7. The zero-order valence-corrected chi connectivity index (χ0v) is 21.3. The summed E-state index contributed by atoms with van der Waals surface area (Å²) >= 11 is 1.23. The van der Waals surface area contributed by atoms with Crippen LogP contribution in [-0.2, 0) is 9.53 Å². The molecule has 3 aromatic rings. The third-order valence-corrected chi connectivity index (χ3v) is 6.55. The number of thiazole rings is 1. The molecule has 0 N–H and O–H groups in total. The summed E-state index contributed by atoms with van der Waals surface area (Å²) in [5, 5.41) is 0. The number of allylic oxidation sites excluding steroid dienone is 1. The van der Waals surface area contributed by atoms with E-state index >= 15 is 0 Å². The van der Waals surface area contributed by atoms with Gasteiger partial charge in [0.15, 0.2) is 22.2 Å². The van der Waals surface area contributed by atoms with Crippen molar-refractivity contribution in [1.29, 1.82) is 0 Å². The molecular weight excluding hydrogens is 470 g/mol. The van der Waals surface area contributed by atoms with Gasteiger partial charge in [-0.15, -0.1) is 0 Å². The lowest BCUT2D eigenvalue weighted by Crippen LogP contribution is -2.39. The first-order valence-electron chi connectivity index (χ1n) is 11.0. The fourth-order valence-corrected chi connectivity index (χ4v) is 4.95. The number of nitrogens with zero attached hydrogens (tertiary/aromatic N) is 3. The van der Waals surface area contributed by atoms with Crippen LogP contribution in [0.1, 0.15) is 31.2 Å². The number of ether oxygens (including phenoxy) is 3. The lowest BCUT2D eigenvalue weighted by molar-refractivity contribution is -0.139. The molecule has 4 rings (SSSR count). The molecule has 9 nitrogen and oxygen atoms in total. The predicted octanol–water partition coefficient (Wildman–Crippen LogP) is 2.47. The van der Waals surface area contributed by atoms with E-state index in [1.165, 1.54) is 23.0 Å². The van der Waals surface area contributed by atoms with Crippen molar-refractivity contribution in [2.75, 3.05) is 39.8 Å². The molecule has 0 radical (unpaired) electrons. The molecule has 0 amide bonds. The maximum atomic E-state index is 13.7. The monoisotopic (exact) mass is 497 g/mol. The Labute approximate surface area is 206 Å². The van der Waals surface area contributed by atoms with Crippen LogP contribution in [0.3, 0.4) is 0 Å². The van der Waals surface area contributed by atoms with Crippen molar-refractivity contribution < 1.29 is 23.4 Å². The molecular formula is C25H27N3O6S. The first-order valence-corrected chi connectivity index (χ1v) is 11.8. The molecule has 10 heteroatoms. The molecule has 0 unspecified atom stereocenters. The number of hydrogen-bond donors (Lipinski definition) is 0. The van der Waals surface area contributed by atoms with Crippen LogP contribution < -0.4 is 29.3 Å². The number of carbonyl (C=O) groups excluding carboxylic acids is 1. The molecule has 1 atom stereocenters. The Kier molecular flexibility index (Phi) is 6.83. The summed E-state index contributed by atoms with van der Waals surface area (Å²) in [6, 6.07) is 8.19. The third-order valence-electron chi connectivity index (χ3n) is 5.57. The van der Waals surface area contributed by atoms with Crippen LogP contribution >= 0.6 is 11.3 Å². The maximum absolute atomic E-state index is 13.7. The predicted molar refractivity (Wildman–Crippen MR) is 133 cm³/mol. The lowest BCUT2D eigenvalue weighted by Gasteiger charge is -2.25. The molecule has 0 saturated heterocycles. The zero-order valence-electron chi connectivity index (χ0n) is 20.4. The van der Waals surface area contributed by atoms with Gasteiger partial charge in [-0.1, -0.05) is 17.4 Å². The minimum atomic E-state index is -0.749. The van der Waals surface area contributed by atoms with Crippen LogP contribution in [0, 0.1) is 0 Å². The van der Waals surface area contributed by atoms with Gasteiger partial charge < -0.3 is 23.5 Å². The van der Waals surface area contributed by atoms with Gasteiger partial charge in [-0.05, 0) is 37.6 Å². The van der Waals surface area contributed by atoms with E-state index in [0.717, 1.165) is 0 Å². The third kappa shape index (κ3) is 4.49. The van der Waals surface area contributed by atoms with Crippen LogP contribution in [0.2, 0.25) is 0 Å². The SMILES string of the molecule is CCOC(=O)C1=C(C)N=c2s/c(=C\c3ccc(N(C)C)o3)c(=O)n2[C@H]1c1ccc(OC)c(OC)c1. The van der Waals surface area contributed by atoms with Crippen molar-refractivity contribution in [1.82, 2.24) is 4.57 Å². The molecule has 0 bridgehead atoms. The molecule has 0 fully saturated rings. The summed E-state index contributed by atoms with van der Waals surface area (Å²) in [6.07, 6.45) is 1.69. The molecule has 2 aromatic heterocycles. The molecule has 1 aliphatic rings. The molecule has 1 aromatic carbocycles. The van der Waals surface area contributed by atoms with Crippen molar-refractivity contribution in [3.05, 3.63) is 72.6 Å². The fraction of sp³-hybridized carbons (Fsp3) is 0.320. The summed E-state index contributed by atoms with van der Waals surface area (Å²) < 4.78 is 23.9. The van der Waals surface area contributed by atoms with E-state index < -0.39 is 12.0 Å². The normalized spacial score (nSPS) is 15.5. The minimum absolute atomic E-state index is 0.200. The second-order valence-corrected chi connectivity index (χ2v) is 9.00. The number of fused-ring (bicyclic) bond motifs is 1. The highest BCUT2D eigenvalue weighted by atomic mass is 32.1. The van der Waals surface area contributed by atoms with E-state index in [4.69, 9.17) is 18.6 Å². The number of esters is 1. The van der Waals surface area contributed by atoms with E-state index in [2.05, 4.69) is 4.99 Å². The highest BCUT2D eigenvalue weighted by molar-refractivity contribution is 7.07. The Bertz CT molecular complexity index is 1480. The van der Waals surface area contributed by atoms with Gasteiger partial charge in [-0.2, -0.15) is 0 Å². The van der Waals surface area contributed by atoms with Crippen molar-refractivity contribution in [2.45, 2.75) is 19.9 Å². The molecule has 0 saturated carbocycles. The molecule has 3 heterocycles. The van der Waals surface area contributed by atoms with Gasteiger partial charge in [0.05, 0.1) is 42.7 Å². The van der Waals surface area contributed by atoms with Gasteiger partial charge >= 0.3 is 5.97 Å². The summed E-state index contributed by atoms with van der Waals surface area (Å²) in [4.78, 5) is 33.6. The summed E-state index contributed by atoms with van der Waals surface area (Å²) in [6.45, 7) is 3.68. The molecule has 0 aliphatic carbocycles. The number of aromatic nitrogens is 1. The molecule has 1 aliphatic heterocycles. The van der Waals surface area contributed by atoms with E-state index in [-0.39, 0.29) is 12.2 Å². The zero-order chi connectivity index (χ0) is 25.3. The summed E-state index contributed by atoms with van der Waals surface area (Å²) in [5.74, 6) is 1.72. The summed E-state index contributed by atoms with van der Waals surface area (Å²) in [5.41, 5.74) is 1.17. The van der Waals surface area contributed by atoms with Crippen LogP contribution in [0.5, 0.6) is 11.5 Å². The van der Waals surface area contributed by atoms with Crippen molar-refractivity contribution in [3.63, 3.8) is 0 Å². The van der Waals surface area contributed by atoms with Crippen LogP contribution in [0.15, 0.2) is 55.8 Å². The lowest BCUT2D eigenvalue weighted by atomic mass is 9.95. The molecule has 35 heavy (non-hydrogen) atoms. The molecule has 184 valence electrons. The Morgan fingerprint density at radius 2 is 1.94 bits per heavy atom. The number of furan rings is 1. The average molecular weight is 498 g/mol. The number of anilines is 1. The summed E-state index contributed by atoms with van der Waals surface area (Å²) in [7, 11) is 6.83. The number of benzene rings is 1. The van der Waals surface area contributed by atoms with E-state index in [9.17, 15) is 9.59 Å². The highest BCUT2D eigenvalue weighted by Gasteiger charge is 2.34. The van der Waals surface area contributed by atoms with Gasteiger partial charge in [-0.25, -0.2) is 9.79 Å². The van der Waals surface area contributed by atoms with Gasteiger partial charge in [-0.3, -0.25) is 9.36 Å². The van der Waals surface area contributed by atoms with Crippen molar-refractivity contribution >= 4 is 29.3 Å². The molecule has 0 spiro atoms. The average Bonchev–Trinajstić information content (AvgIpc) is 3.42. The van der Waals surface area contributed by atoms with Gasteiger partial charge in [0.25, 0.3) is 5.56 Å². The van der Waals surface area contributed by atoms with Crippen LogP contribution in [-0.4, -0.2) is 45.5 Å². The Morgan fingerprint density at radius 1 is 1.20 bits per heavy atom. The Morgan fingerprint density at radius 3 is 2.57 bits per heavy atom. The minimum Gasteiger partial charge on any atom is -0.493 e. The topological polar surface area (TPSA) is 95.5 Å². The second-order valence-electron chi connectivity index (χ2n) is 7.99. The standard InChI is InChI=1S/C25H27N3O6S/c1-7-33-24(30)21-14(2)26-25-28(22(21)15-8-10-17(31-5)18(12-15)32-6)23(29)19(35-25)13-16-9-11-20(34-16)27(3)4/h8-13,22H,7H2,1-6H3/b19-13-/t22-/m0/s1. The van der Waals surface area contributed by atoms with Crippen LogP contribution in [0.25, 0.3) is 6.08 Å². The van der Waals surface area contributed by atoms with E-state index in [0.29, 0.717) is 49.3 Å². The number of methoxy groups -OCH3 is 2. The number of hydrogen-bond acceptors (Lipinski definition) is 9. The van der Waals surface area contributed by atoms with E-state index in [1.807, 2.05) is 25.1 Å². The fourth-order valence-electron chi connectivity index (χ4n) is 3.92. The Hall–Kier alpha value is -3.79. The maximum Gasteiger partial charge on any atom is 0.338 e. The van der Waals surface area contributed by atoms with Gasteiger partial charge in [0.1, 0.15) is 5.76 Å². The van der Waals surface area contributed by atoms with Crippen LogP contribution in [0.4, 0.5) is 5.88 Å². The Balaban J connectivity index is 1.94. The van der Waals surface area contributed by atoms with Gasteiger partial charge in [0, 0.05) is 26.2 Å². The van der Waals surface area contributed by atoms with Crippen molar-refractivity contribution in [2.24, 2.45) is 4.99 Å².